The van der Waals surface area contributed by atoms with Crippen LogP contribution in [0.25, 0.3) is 11.4 Å². The monoisotopic (exact) mass is 294 g/mol. The Morgan fingerprint density at radius 3 is 2.60 bits per heavy atom. The van der Waals surface area contributed by atoms with Crippen LogP contribution in [0.5, 0.6) is 0 Å². The molecule has 0 aliphatic carbocycles. The molecule has 0 bridgehead atoms. The van der Waals surface area contributed by atoms with Crippen LogP contribution in [0.3, 0.4) is 0 Å². The summed E-state index contributed by atoms with van der Waals surface area (Å²) in [5.41, 5.74) is 1.49. The molecule has 0 aliphatic heterocycles. The Kier molecular flexibility index (Phi) is 4.04. The molecule has 6 nitrogen and oxygen atoms in total. The van der Waals surface area contributed by atoms with E-state index in [1.807, 2.05) is 18.4 Å². The maximum Gasteiger partial charge on any atom is 0.272 e. The number of aryl methyl sites for hydroxylation is 1. The van der Waals surface area contributed by atoms with E-state index >= 15 is 0 Å². The second kappa shape index (κ2) is 5.58. The van der Waals surface area contributed by atoms with Crippen molar-refractivity contribution in [1.29, 1.82) is 0 Å². The van der Waals surface area contributed by atoms with Gasteiger partial charge in [-0.2, -0.15) is 0 Å². The summed E-state index contributed by atoms with van der Waals surface area (Å²) in [5, 5.41) is 19.1. The van der Waals surface area contributed by atoms with E-state index in [0.29, 0.717) is 17.2 Å². The highest BCUT2D eigenvalue weighted by atomic mass is 35.5. The third kappa shape index (κ3) is 2.51. The smallest absolute Gasteiger partial charge is 0.272 e. The van der Waals surface area contributed by atoms with Gasteiger partial charge in [-0.1, -0.05) is 0 Å². The summed E-state index contributed by atoms with van der Waals surface area (Å²) in [7, 11) is 0. The fourth-order valence-electron chi connectivity index (χ4n) is 2.15. The first-order valence-corrected chi connectivity index (χ1v) is 6.74. The van der Waals surface area contributed by atoms with Crippen LogP contribution >= 0.6 is 11.6 Å². The summed E-state index contributed by atoms with van der Waals surface area (Å²) in [6.45, 7) is 5.74. The summed E-state index contributed by atoms with van der Waals surface area (Å²) in [5.74, 6) is 1.64. The van der Waals surface area contributed by atoms with Crippen LogP contribution in [0.4, 0.5) is 5.69 Å². The Balaban J connectivity index is 2.55. The van der Waals surface area contributed by atoms with Gasteiger partial charge in [0.2, 0.25) is 0 Å². The Hall–Kier alpha value is -1.95. The molecule has 0 spiro atoms. The molecule has 0 amide bonds. The van der Waals surface area contributed by atoms with Gasteiger partial charge in [0, 0.05) is 23.2 Å². The molecule has 1 aromatic heterocycles. The minimum atomic E-state index is -0.392. The molecule has 0 radical (unpaired) electrons. The molecule has 0 atom stereocenters. The molecule has 0 saturated heterocycles. The van der Waals surface area contributed by atoms with Gasteiger partial charge in [0.25, 0.3) is 5.69 Å². The van der Waals surface area contributed by atoms with Gasteiger partial charge in [-0.05, 0) is 32.9 Å². The molecule has 0 N–H and O–H groups in total. The zero-order valence-electron chi connectivity index (χ0n) is 11.5. The van der Waals surface area contributed by atoms with E-state index in [9.17, 15) is 10.1 Å². The van der Waals surface area contributed by atoms with Crippen LogP contribution in [-0.4, -0.2) is 19.7 Å². The molecule has 0 fully saturated rings. The first kappa shape index (κ1) is 14.5. The van der Waals surface area contributed by atoms with Gasteiger partial charge < -0.3 is 4.57 Å². The Labute approximate surface area is 121 Å². The summed E-state index contributed by atoms with van der Waals surface area (Å²) in [6, 6.07) is 5.08. The topological polar surface area (TPSA) is 73.8 Å². The number of benzene rings is 1. The predicted molar refractivity (Wildman–Crippen MR) is 76.8 cm³/mol. The lowest BCUT2D eigenvalue weighted by atomic mass is 10.1. The molecular weight excluding hydrogens is 280 g/mol. The molecule has 0 aliphatic rings. The number of hydrogen-bond acceptors (Lipinski definition) is 4. The molecule has 106 valence electrons. The first-order chi connectivity index (χ1) is 9.45. The number of rotatable bonds is 4. The molecule has 2 rings (SSSR count). The number of nitro benzene ring substituents is 1. The van der Waals surface area contributed by atoms with Gasteiger partial charge in [-0.3, -0.25) is 10.1 Å². The van der Waals surface area contributed by atoms with Crippen molar-refractivity contribution < 1.29 is 4.92 Å². The summed E-state index contributed by atoms with van der Waals surface area (Å²) in [6.07, 6.45) is 0. The highest BCUT2D eigenvalue weighted by molar-refractivity contribution is 6.16. The van der Waals surface area contributed by atoms with E-state index < -0.39 is 4.92 Å². The molecule has 1 heterocycles. The SMILES string of the molecule is Cc1cc(-c2nnc(CCl)n2C(C)C)ccc1[N+](=O)[O-]. The Morgan fingerprint density at radius 2 is 2.10 bits per heavy atom. The standard InChI is InChI=1S/C13H15ClN4O2/c1-8(2)17-12(7-14)15-16-13(17)10-4-5-11(18(19)20)9(3)6-10/h4-6,8H,7H2,1-3H3. The third-order valence-corrected chi connectivity index (χ3v) is 3.29. The maximum atomic E-state index is 10.9. The van der Waals surface area contributed by atoms with Crippen molar-refractivity contribution in [1.82, 2.24) is 14.8 Å². The minimum absolute atomic E-state index is 0.0990. The largest absolute Gasteiger partial charge is 0.307 e. The number of nitrogens with zero attached hydrogens (tertiary/aromatic N) is 4. The van der Waals surface area contributed by atoms with Gasteiger partial charge in [0.05, 0.1) is 10.8 Å². The van der Waals surface area contributed by atoms with Crippen LogP contribution in [-0.2, 0) is 5.88 Å². The number of alkyl halides is 1. The lowest BCUT2D eigenvalue weighted by molar-refractivity contribution is -0.385. The Morgan fingerprint density at radius 1 is 1.40 bits per heavy atom. The van der Waals surface area contributed by atoms with E-state index in [1.165, 1.54) is 6.07 Å². The number of hydrogen-bond donors (Lipinski definition) is 0. The summed E-state index contributed by atoms with van der Waals surface area (Å²) in [4.78, 5) is 10.5. The normalized spacial score (nSPS) is 11.1. The minimum Gasteiger partial charge on any atom is -0.307 e. The highest BCUT2D eigenvalue weighted by Gasteiger charge is 2.18. The molecule has 2 aromatic rings. The zero-order valence-corrected chi connectivity index (χ0v) is 12.3. The van der Waals surface area contributed by atoms with Crippen LogP contribution < -0.4 is 0 Å². The lowest BCUT2D eigenvalue weighted by Gasteiger charge is -2.13. The van der Waals surface area contributed by atoms with Gasteiger partial charge in [-0.15, -0.1) is 21.8 Å². The van der Waals surface area contributed by atoms with Crippen molar-refractivity contribution in [3.05, 3.63) is 39.7 Å². The number of aromatic nitrogens is 3. The molecule has 20 heavy (non-hydrogen) atoms. The van der Waals surface area contributed by atoms with Crippen molar-refractivity contribution in [3.63, 3.8) is 0 Å². The fraction of sp³-hybridized carbons (Fsp3) is 0.385. The van der Waals surface area contributed by atoms with Crippen molar-refractivity contribution in [2.24, 2.45) is 0 Å². The highest BCUT2D eigenvalue weighted by Crippen LogP contribution is 2.27. The van der Waals surface area contributed by atoms with Crippen molar-refractivity contribution in [2.75, 3.05) is 0 Å². The fourth-order valence-corrected chi connectivity index (χ4v) is 2.34. The van der Waals surface area contributed by atoms with E-state index in [-0.39, 0.29) is 17.6 Å². The van der Waals surface area contributed by atoms with E-state index in [4.69, 9.17) is 11.6 Å². The van der Waals surface area contributed by atoms with Gasteiger partial charge >= 0.3 is 0 Å². The maximum absolute atomic E-state index is 10.9. The van der Waals surface area contributed by atoms with Crippen molar-refractivity contribution in [3.8, 4) is 11.4 Å². The van der Waals surface area contributed by atoms with Crippen LogP contribution in [0.15, 0.2) is 18.2 Å². The summed E-state index contributed by atoms with van der Waals surface area (Å²) < 4.78 is 1.94. The third-order valence-electron chi connectivity index (χ3n) is 3.05. The molecular formula is C13H15ClN4O2. The molecule has 0 unspecified atom stereocenters. The quantitative estimate of drug-likeness (QED) is 0.491. The number of halogens is 1. The molecule has 7 heteroatoms. The van der Waals surface area contributed by atoms with Crippen molar-refractivity contribution >= 4 is 17.3 Å². The van der Waals surface area contributed by atoms with Gasteiger partial charge in [0.15, 0.2) is 5.82 Å². The van der Waals surface area contributed by atoms with Gasteiger partial charge in [-0.25, -0.2) is 0 Å². The van der Waals surface area contributed by atoms with E-state index in [0.717, 1.165) is 5.56 Å². The van der Waals surface area contributed by atoms with Gasteiger partial charge in [0.1, 0.15) is 5.82 Å². The van der Waals surface area contributed by atoms with E-state index in [1.54, 1.807) is 19.1 Å². The first-order valence-electron chi connectivity index (χ1n) is 6.20. The average Bonchev–Trinajstić information content (AvgIpc) is 2.81. The van der Waals surface area contributed by atoms with E-state index in [2.05, 4.69) is 10.2 Å². The average molecular weight is 295 g/mol. The zero-order chi connectivity index (χ0) is 14.9. The summed E-state index contributed by atoms with van der Waals surface area (Å²) >= 11 is 5.86. The lowest BCUT2D eigenvalue weighted by Crippen LogP contribution is -2.07. The second-order valence-corrected chi connectivity index (χ2v) is 5.06. The number of nitro groups is 1. The predicted octanol–water partition coefficient (Wildman–Crippen LogP) is 3.48. The molecule has 1 aromatic carbocycles. The Bertz CT molecular complexity index is 652. The second-order valence-electron chi connectivity index (χ2n) is 4.80. The van der Waals surface area contributed by atoms with Crippen molar-refractivity contribution in [2.45, 2.75) is 32.7 Å². The molecule has 0 saturated carbocycles. The van der Waals surface area contributed by atoms with Crippen LogP contribution in [0.1, 0.15) is 31.3 Å². The van der Waals surface area contributed by atoms with Crippen LogP contribution in [0, 0.1) is 17.0 Å². The van der Waals surface area contributed by atoms with Crippen LogP contribution in [0.2, 0.25) is 0 Å².